The minimum absolute atomic E-state index is 0. The van der Waals surface area contributed by atoms with Gasteiger partial charge in [-0.05, 0) is 92.3 Å². The Hall–Kier alpha value is -3.48. The van der Waals surface area contributed by atoms with E-state index in [9.17, 15) is 0 Å². The standard InChI is InChI=1S/C49H45.2ClH.Zr/c1-30-25-39-28-41-43(34-17-11-12-18-34)31(2)47(49(6,7)8)46(45(41)40(39)29-42(30)48(3,4)5)44(37-23-21-32-15-9-13-19-35(32)26-37)38-24-22-33-16-10-14-20-36(33)27-38;;;/h9-17,19-27,29H,18H2,1-8H3;2*1H;/q-1;;;+3/p-2. The van der Waals surface area contributed by atoms with Crippen LogP contribution in [-0.4, -0.2) is 0 Å². The predicted octanol–water partition coefficient (Wildman–Crippen LogP) is 5.11. The predicted molar refractivity (Wildman–Crippen MR) is 210 cm³/mol. The normalized spacial score (nSPS) is 13.0. The second-order valence-corrected chi connectivity index (χ2v) is 16.2. The second kappa shape index (κ2) is 14.7. The van der Waals surface area contributed by atoms with Gasteiger partial charge in [0.2, 0.25) is 0 Å². The topological polar surface area (TPSA) is 0 Å². The van der Waals surface area contributed by atoms with Gasteiger partial charge in [-0.25, -0.2) is 0 Å². The van der Waals surface area contributed by atoms with Crippen molar-refractivity contribution < 1.29 is 51.0 Å². The van der Waals surface area contributed by atoms with Gasteiger partial charge in [0.25, 0.3) is 0 Å². The number of benzene rings is 6. The van der Waals surface area contributed by atoms with Crippen LogP contribution >= 0.6 is 0 Å². The molecule has 259 valence electrons. The van der Waals surface area contributed by atoms with Gasteiger partial charge < -0.3 is 24.8 Å². The van der Waals surface area contributed by atoms with E-state index < -0.39 is 0 Å². The van der Waals surface area contributed by atoms with Gasteiger partial charge in [0.1, 0.15) is 0 Å². The number of halogens is 2. The van der Waals surface area contributed by atoms with Crippen LogP contribution in [0.3, 0.4) is 0 Å². The van der Waals surface area contributed by atoms with Gasteiger partial charge in [-0.15, -0.1) is 33.4 Å². The van der Waals surface area contributed by atoms with E-state index in [4.69, 9.17) is 0 Å². The van der Waals surface area contributed by atoms with Crippen LogP contribution in [0.4, 0.5) is 0 Å². The molecule has 0 nitrogen and oxygen atoms in total. The van der Waals surface area contributed by atoms with Crippen LogP contribution < -0.4 is 35.3 Å². The minimum atomic E-state index is -0.130. The Morgan fingerprint density at radius 2 is 1.21 bits per heavy atom. The van der Waals surface area contributed by atoms with Crippen molar-refractivity contribution in [1.82, 2.24) is 0 Å². The number of fused-ring (bicyclic) bond motifs is 4. The Morgan fingerprint density at radius 1 is 0.654 bits per heavy atom. The molecule has 0 aromatic heterocycles. The maximum Gasteiger partial charge on any atom is 3.00 e. The molecule has 8 rings (SSSR count). The fraction of sp³-hybridized carbons (Fsp3) is 0.224. The molecule has 6 aromatic rings. The van der Waals surface area contributed by atoms with Gasteiger partial charge in [0.05, 0.1) is 0 Å². The summed E-state index contributed by atoms with van der Waals surface area (Å²) in [5.74, 6) is 0. The Labute approximate surface area is 340 Å². The smallest absolute Gasteiger partial charge is 1.00 e. The third-order valence-corrected chi connectivity index (χ3v) is 10.6. The summed E-state index contributed by atoms with van der Waals surface area (Å²) < 4.78 is 0. The number of allylic oxidation sites excluding steroid dienone is 4. The molecule has 0 aliphatic heterocycles. The SMILES string of the molecule is Cc1cc2c(cc1C(C)(C)C)=c1c(c(C3=CC=CC3)c(C)c(C(C)(C)C)c1=C(c1ccc3ccccc3c1)c1ccc3ccccc3c1)[C-]=2.[Cl-].[Cl-].[Zr+3]. The second-order valence-electron chi connectivity index (χ2n) is 16.2. The van der Waals surface area contributed by atoms with Crippen LogP contribution in [0, 0.1) is 24.3 Å². The molecule has 0 bridgehead atoms. The first-order chi connectivity index (χ1) is 23.4. The fourth-order valence-electron chi connectivity index (χ4n) is 8.60. The summed E-state index contributed by atoms with van der Waals surface area (Å²) in [6.45, 7) is 18.8. The summed E-state index contributed by atoms with van der Waals surface area (Å²) in [5.41, 5.74) is 13.2. The number of hydrogen-bond donors (Lipinski definition) is 0. The third-order valence-electron chi connectivity index (χ3n) is 10.6. The van der Waals surface area contributed by atoms with Gasteiger partial charge in [0.15, 0.2) is 0 Å². The van der Waals surface area contributed by atoms with Crippen LogP contribution in [0.5, 0.6) is 0 Å². The van der Waals surface area contributed by atoms with E-state index in [1.807, 2.05) is 0 Å². The van der Waals surface area contributed by atoms with E-state index in [0.717, 1.165) is 6.42 Å². The first-order valence-electron chi connectivity index (χ1n) is 17.8. The van der Waals surface area contributed by atoms with Crippen molar-refractivity contribution in [2.75, 3.05) is 0 Å². The van der Waals surface area contributed by atoms with Crippen molar-refractivity contribution in [3.8, 4) is 0 Å². The fourth-order valence-corrected chi connectivity index (χ4v) is 8.60. The summed E-state index contributed by atoms with van der Waals surface area (Å²) in [4.78, 5) is 0. The van der Waals surface area contributed by atoms with Crippen molar-refractivity contribution in [2.45, 2.75) is 72.6 Å². The quantitative estimate of drug-likeness (QED) is 0.219. The van der Waals surface area contributed by atoms with E-state index >= 15 is 0 Å². The van der Waals surface area contributed by atoms with Crippen molar-refractivity contribution in [1.29, 1.82) is 0 Å². The molecule has 0 spiro atoms. The Balaban J connectivity index is 0.00000174. The van der Waals surface area contributed by atoms with Crippen molar-refractivity contribution in [2.24, 2.45) is 0 Å². The monoisotopic (exact) mass is 793 g/mol. The molecule has 3 heteroatoms. The van der Waals surface area contributed by atoms with E-state index in [1.165, 1.54) is 98.1 Å². The Kier molecular flexibility index (Phi) is 11.3. The maximum atomic E-state index is 4.04. The van der Waals surface area contributed by atoms with Crippen LogP contribution in [0.2, 0.25) is 0 Å². The van der Waals surface area contributed by atoms with E-state index in [1.54, 1.807) is 0 Å². The molecule has 0 saturated carbocycles. The molecule has 52 heavy (non-hydrogen) atoms. The summed E-state index contributed by atoms with van der Waals surface area (Å²) in [6.07, 6.45) is 11.8. The van der Waals surface area contributed by atoms with Crippen LogP contribution in [0.25, 0.3) is 38.8 Å². The van der Waals surface area contributed by atoms with Gasteiger partial charge in [0, 0.05) is 0 Å². The average molecular weight is 796 g/mol. The van der Waals surface area contributed by atoms with Crippen molar-refractivity contribution in [3.05, 3.63) is 181 Å². The molecular weight excluding hydrogens is 751 g/mol. The van der Waals surface area contributed by atoms with Gasteiger partial charge >= 0.3 is 26.2 Å². The Bertz CT molecular complexity index is 2580. The zero-order chi connectivity index (χ0) is 34.2. The number of hydrogen-bond acceptors (Lipinski definition) is 0. The largest absolute Gasteiger partial charge is 3.00 e. The molecule has 6 aromatic carbocycles. The molecule has 2 aliphatic rings. The van der Waals surface area contributed by atoms with E-state index in [0.29, 0.717) is 0 Å². The molecule has 0 saturated heterocycles. The molecule has 0 heterocycles. The molecular formula is C49H45Cl2Zr. The first kappa shape index (κ1) is 39.7. The summed E-state index contributed by atoms with van der Waals surface area (Å²) in [6, 6.07) is 36.5. The van der Waals surface area contributed by atoms with E-state index in [-0.39, 0.29) is 61.8 Å². The van der Waals surface area contributed by atoms with Crippen LogP contribution in [-0.2, 0) is 37.0 Å². The molecule has 0 atom stereocenters. The summed E-state index contributed by atoms with van der Waals surface area (Å²) >= 11 is 0. The maximum absolute atomic E-state index is 4.04. The van der Waals surface area contributed by atoms with Crippen molar-refractivity contribution in [3.63, 3.8) is 0 Å². The van der Waals surface area contributed by atoms with Gasteiger partial charge in [-0.2, -0.15) is 0 Å². The Morgan fingerprint density at radius 3 is 1.71 bits per heavy atom. The number of aryl methyl sites for hydroxylation is 1. The van der Waals surface area contributed by atoms with Crippen LogP contribution in [0.1, 0.15) is 92.5 Å². The van der Waals surface area contributed by atoms with Crippen molar-refractivity contribution >= 4 is 38.8 Å². The number of rotatable bonds is 3. The zero-order valence-electron chi connectivity index (χ0n) is 31.4. The molecule has 0 N–H and O–H groups in total. The molecule has 2 aliphatic carbocycles. The molecule has 0 fully saturated rings. The summed E-state index contributed by atoms with van der Waals surface area (Å²) in [7, 11) is 0. The van der Waals surface area contributed by atoms with Gasteiger partial charge in [-0.3, -0.25) is 0 Å². The minimum Gasteiger partial charge on any atom is -1.00 e. The third kappa shape index (κ3) is 6.75. The molecule has 0 amide bonds. The first-order valence-corrected chi connectivity index (χ1v) is 17.8. The zero-order valence-corrected chi connectivity index (χ0v) is 35.4. The average Bonchev–Trinajstić information content (AvgIpc) is 3.71. The van der Waals surface area contributed by atoms with E-state index in [2.05, 4.69) is 177 Å². The van der Waals surface area contributed by atoms with Crippen LogP contribution in [0.15, 0.2) is 115 Å². The molecule has 1 radical (unpaired) electrons. The molecule has 0 unspecified atom stereocenters. The summed E-state index contributed by atoms with van der Waals surface area (Å²) in [5, 5.41) is 10.2. The van der Waals surface area contributed by atoms with Gasteiger partial charge in [-0.1, -0.05) is 166 Å².